The molecule has 0 bridgehead atoms. The zero-order valence-electron chi connectivity index (χ0n) is 8.44. The number of nitrogens with one attached hydrogen (secondary N) is 1. The second-order valence-corrected chi connectivity index (χ2v) is 3.89. The average molecular weight is 233 g/mol. The van der Waals surface area contributed by atoms with Gasteiger partial charge in [-0.1, -0.05) is 12.1 Å². The third-order valence-electron chi connectivity index (χ3n) is 2.83. The van der Waals surface area contributed by atoms with E-state index in [2.05, 4.69) is 5.32 Å². The molecule has 1 aliphatic heterocycles. The lowest BCUT2D eigenvalue weighted by molar-refractivity contribution is -0.140. The van der Waals surface area contributed by atoms with E-state index >= 15 is 0 Å². The van der Waals surface area contributed by atoms with E-state index in [1.807, 2.05) is 0 Å². The summed E-state index contributed by atoms with van der Waals surface area (Å²) in [7, 11) is 0. The maximum absolute atomic E-state index is 13.3. The van der Waals surface area contributed by atoms with Crippen LogP contribution in [0.2, 0.25) is 0 Å². The topological polar surface area (TPSA) is 12.0 Å². The zero-order valence-corrected chi connectivity index (χ0v) is 8.44. The van der Waals surface area contributed by atoms with Gasteiger partial charge in [0.2, 0.25) is 0 Å². The van der Waals surface area contributed by atoms with Crippen LogP contribution in [0.3, 0.4) is 0 Å². The second-order valence-electron chi connectivity index (χ2n) is 3.89. The Bertz CT molecular complexity index is 380. The lowest BCUT2D eigenvalue weighted by atomic mass is 9.93. The molecular formula is C11H11F4N. The highest BCUT2D eigenvalue weighted by Gasteiger charge is 2.38. The van der Waals surface area contributed by atoms with Gasteiger partial charge in [0.25, 0.3) is 0 Å². The molecule has 16 heavy (non-hydrogen) atoms. The van der Waals surface area contributed by atoms with Crippen LogP contribution >= 0.6 is 0 Å². The Morgan fingerprint density at radius 1 is 1.25 bits per heavy atom. The molecule has 0 radical (unpaired) electrons. The number of hydrogen-bond donors (Lipinski definition) is 1. The van der Waals surface area contributed by atoms with Crippen molar-refractivity contribution in [2.24, 2.45) is 0 Å². The monoisotopic (exact) mass is 233 g/mol. The quantitative estimate of drug-likeness (QED) is 0.735. The van der Waals surface area contributed by atoms with Gasteiger partial charge < -0.3 is 5.32 Å². The Morgan fingerprint density at radius 3 is 2.56 bits per heavy atom. The molecule has 1 N–H and O–H groups in total. The van der Waals surface area contributed by atoms with Crippen molar-refractivity contribution in [3.63, 3.8) is 0 Å². The normalized spacial score (nSPS) is 21.4. The summed E-state index contributed by atoms with van der Waals surface area (Å²) in [5.41, 5.74) is -1.04. The smallest absolute Gasteiger partial charge is 0.316 e. The van der Waals surface area contributed by atoms with E-state index in [4.69, 9.17) is 0 Å². The van der Waals surface area contributed by atoms with Gasteiger partial charge in [-0.2, -0.15) is 13.2 Å². The summed E-state index contributed by atoms with van der Waals surface area (Å²) in [5.74, 6) is -1.43. The first-order chi connectivity index (χ1) is 7.50. The molecule has 1 aliphatic rings. The van der Waals surface area contributed by atoms with Crippen LogP contribution < -0.4 is 5.32 Å². The fourth-order valence-corrected chi connectivity index (χ4v) is 2.10. The zero-order chi connectivity index (χ0) is 11.8. The molecule has 1 aromatic carbocycles. The van der Waals surface area contributed by atoms with Gasteiger partial charge in [0, 0.05) is 6.54 Å². The first-order valence-electron chi connectivity index (χ1n) is 5.06. The van der Waals surface area contributed by atoms with Crippen LogP contribution in [0.5, 0.6) is 0 Å². The molecule has 1 fully saturated rings. The summed E-state index contributed by atoms with van der Waals surface area (Å²) in [6.07, 6.45) is -4.00. The summed E-state index contributed by atoms with van der Waals surface area (Å²) >= 11 is 0. The van der Waals surface area contributed by atoms with Gasteiger partial charge in [-0.15, -0.1) is 0 Å². The highest BCUT2D eigenvalue weighted by Crippen LogP contribution is 2.38. The van der Waals surface area contributed by atoms with Crippen LogP contribution in [0.25, 0.3) is 0 Å². The number of rotatable bonds is 1. The van der Waals surface area contributed by atoms with Crippen molar-refractivity contribution in [2.75, 3.05) is 13.1 Å². The highest BCUT2D eigenvalue weighted by molar-refractivity contribution is 5.35. The molecule has 1 nitrogen and oxygen atoms in total. The van der Waals surface area contributed by atoms with Crippen molar-refractivity contribution in [3.8, 4) is 0 Å². The van der Waals surface area contributed by atoms with Gasteiger partial charge in [0.15, 0.2) is 0 Å². The van der Waals surface area contributed by atoms with Crippen molar-refractivity contribution >= 4 is 0 Å². The van der Waals surface area contributed by atoms with E-state index in [9.17, 15) is 17.6 Å². The molecule has 0 amide bonds. The fraction of sp³-hybridized carbons (Fsp3) is 0.455. The molecule has 0 saturated carbocycles. The van der Waals surface area contributed by atoms with Gasteiger partial charge in [-0.3, -0.25) is 0 Å². The SMILES string of the molecule is Fc1cccc(C2CCNC2)c1C(F)(F)F. The summed E-state index contributed by atoms with van der Waals surface area (Å²) in [6.45, 7) is 1.16. The molecule has 0 aliphatic carbocycles. The molecule has 0 aromatic heterocycles. The van der Waals surface area contributed by atoms with Crippen LogP contribution in [-0.2, 0) is 6.18 Å². The highest BCUT2D eigenvalue weighted by atomic mass is 19.4. The van der Waals surface area contributed by atoms with Crippen molar-refractivity contribution in [1.29, 1.82) is 0 Å². The third kappa shape index (κ3) is 2.04. The summed E-state index contributed by atoms with van der Waals surface area (Å²) in [6, 6.07) is 3.55. The van der Waals surface area contributed by atoms with Gasteiger partial charge in [0.05, 0.1) is 5.56 Å². The molecule has 1 aromatic rings. The van der Waals surface area contributed by atoms with E-state index < -0.39 is 17.6 Å². The Morgan fingerprint density at radius 2 is 2.00 bits per heavy atom. The molecule has 2 rings (SSSR count). The minimum atomic E-state index is -4.62. The molecule has 1 unspecified atom stereocenters. The maximum Gasteiger partial charge on any atom is 0.419 e. The molecule has 1 heterocycles. The van der Waals surface area contributed by atoms with Gasteiger partial charge in [-0.05, 0) is 30.5 Å². The van der Waals surface area contributed by atoms with Crippen LogP contribution in [0.4, 0.5) is 17.6 Å². The third-order valence-corrected chi connectivity index (χ3v) is 2.83. The minimum absolute atomic E-state index is 0.0671. The van der Waals surface area contributed by atoms with Crippen LogP contribution in [0, 0.1) is 5.82 Å². The molecular weight excluding hydrogens is 222 g/mol. The summed E-state index contributed by atoms with van der Waals surface area (Å²) in [5, 5.41) is 2.98. The van der Waals surface area contributed by atoms with Gasteiger partial charge >= 0.3 is 6.18 Å². The van der Waals surface area contributed by atoms with E-state index in [1.54, 1.807) is 0 Å². The van der Waals surface area contributed by atoms with E-state index in [0.717, 1.165) is 6.07 Å². The van der Waals surface area contributed by atoms with Crippen molar-refractivity contribution in [3.05, 3.63) is 35.1 Å². The lowest BCUT2D eigenvalue weighted by Crippen LogP contribution is -2.16. The summed E-state index contributed by atoms with van der Waals surface area (Å²) in [4.78, 5) is 0. The van der Waals surface area contributed by atoms with E-state index in [0.29, 0.717) is 19.5 Å². The summed E-state index contributed by atoms with van der Waals surface area (Å²) < 4.78 is 51.4. The second kappa shape index (κ2) is 4.05. The average Bonchev–Trinajstić information content (AvgIpc) is 2.67. The molecule has 1 atom stereocenters. The predicted molar refractivity (Wildman–Crippen MR) is 51.6 cm³/mol. The maximum atomic E-state index is 13.3. The van der Waals surface area contributed by atoms with Crippen molar-refractivity contribution in [1.82, 2.24) is 5.32 Å². The number of hydrogen-bond acceptors (Lipinski definition) is 1. The number of halogens is 4. The Labute approximate surface area is 90.5 Å². The lowest BCUT2D eigenvalue weighted by Gasteiger charge is -2.17. The number of alkyl halides is 3. The first-order valence-corrected chi connectivity index (χ1v) is 5.06. The van der Waals surface area contributed by atoms with Crippen LogP contribution in [0.15, 0.2) is 18.2 Å². The largest absolute Gasteiger partial charge is 0.419 e. The Balaban J connectivity index is 2.47. The van der Waals surface area contributed by atoms with Crippen molar-refractivity contribution < 1.29 is 17.6 Å². The van der Waals surface area contributed by atoms with Gasteiger partial charge in [-0.25, -0.2) is 4.39 Å². The number of benzene rings is 1. The van der Waals surface area contributed by atoms with E-state index in [1.165, 1.54) is 12.1 Å². The van der Waals surface area contributed by atoms with Crippen molar-refractivity contribution in [2.45, 2.75) is 18.5 Å². The molecule has 1 saturated heterocycles. The fourth-order valence-electron chi connectivity index (χ4n) is 2.10. The Kier molecular flexibility index (Phi) is 2.88. The standard InChI is InChI=1S/C11H11F4N/c12-9-3-1-2-8(7-4-5-16-6-7)10(9)11(13,14)15/h1-3,7,16H,4-6H2. The first kappa shape index (κ1) is 11.4. The molecule has 5 heteroatoms. The van der Waals surface area contributed by atoms with Crippen LogP contribution in [-0.4, -0.2) is 13.1 Å². The predicted octanol–water partition coefficient (Wildman–Crippen LogP) is 2.92. The Hall–Kier alpha value is -1.10. The van der Waals surface area contributed by atoms with Gasteiger partial charge in [0.1, 0.15) is 5.82 Å². The van der Waals surface area contributed by atoms with Crippen LogP contribution in [0.1, 0.15) is 23.5 Å². The van der Waals surface area contributed by atoms with E-state index in [-0.39, 0.29) is 11.5 Å². The molecule has 88 valence electrons. The molecule has 0 spiro atoms. The minimum Gasteiger partial charge on any atom is -0.316 e.